The lowest BCUT2D eigenvalue weighted by Gasteiger charge is -2.44. The molecule has 3 heterocycles. The lowest BCUT2D eigenvalue weighted by molar-refractivity contribution is -0.135. The van der Waals surface area contributed by atoms with Crippen LogP contribution < -0.4 is 15.1 Å². The van der Waals surface area contributed by atoms with E-state index in [4.69, 9.17) is 0 Å². The fraction of sp³-hybridized carbons (Fsp3) is 0.137. The zero-order valence-corrected chi connectivity index (χ0v) is 32.7. The minimum absolute atomic E-state index is 0.0121. The molecule has 1 fully saturated rings. The molecule has 1 saturated carbocycles. The van der Waals surface area contributed by atoms with Crippen LogP contribution in [0.5, 0.6) is 0 Å². The van der Waals surface area contributed by atoms with Crippen molar-refractivity contribution in [3.63, 3.8) is 0 Å². The summed E-state index contributed by atoms with van der Waals surface area (Å²) in [4.78, 5) is 56.7. The van der Waals surface area contributed by atoms with E-state index in [2.05, 4.69) is 10.3 Å². The number of aromatic nitrogens is 1. The largest absolute Gasteiger partial charge is 0.381 e. The van der Waals surface area contributed by atoms with Crippen molar-refractivity contribution in [2.24, 2.45) is 5.92 Å². The molecular formula is C51H38F2N4O4. The number of anilines is 3. The first-order valence-electron chi connectivity index (χ1n) is 20.1. The Morgan fingerprint density at radius 3 is 1.70 bits per heavy atom. The molecule has 0 radical (unpaired) electrons. The van der Waals surface area contributed by atoms with Crippen LogP contribution >= 0.6 is 0 Å². The second-order valence-electron chi connectivity index (χ2n) is 15.8. The van der Waals surface area contributed by atoms with E-state index in [9.17, 15) is 5.11 Å². The summed E-state index contributed by atoms with van der Waals surface area (Å²) < 4.78 is 32.4. The number of aliphatic hydroxyl groups is 1. The van der Waals surface area contributed by atoms with Crippen LogP contribution in [0.2, 0.25) is 0 Å². The minimum Gasteiger partial charge on any atom is -0.381 e. The minimum atomic E-state index is -2.56. The van der Waals surface area contributed by atoms with Crippen molar-refractivity contribution in [3.05, 3.63) is 227 Å². The lowest BCUT2D eigenvalue weighted by Crippen LogP contribution is -2.60. The number of rotatable bonds is 9. The number of fused-ring (bicyclic) bond motifs is 4. The number of ketones is 1. The van der Waals surface area contributed by atoms with Gasteiger partial charge in [0, 0.05) is 23.1 Å². The van der Waals surface area contributed by atoms with E-state index in [1.165, 1.54) is 52.4 Å². The van der Waals surface area contributed by atoms with Gasteiger partial charge in [0.1, 0.15) is 33.9 Å². The number of hydrogen-bond donors (Lipinski definition) is 2. The van der Waals surface area contributed by atoms with Gasteiger partial charge in [0.05, 0.1) is 25.0 Å². The Balaban J connectivity index is 1.38. The van der Waals surface area contributed by atoms with Crippen molar-refractivity contribution in [2.75, 3.05) is 15.1 Å². The summed E-state index contributed by atoms with van der Waals surface area (Å²) in [5.74, 6) is -5.09. The molecule has 1 aliphatic carbocycles. The molecule has 2 aliphatic heterocycles. The molecule has 0 saturated heterocycles. The van der Waals surface area contributed by atoms with Crippen molar-refractivity contribution in [1.29, 1.82) is 0 Å². The third kappa shape index (κ3) is 5.45. The number of carbonyl (C=O) groups excluding carboxylic acids is 3. The maximum absolute atomic E-state index is 16.5. The third-order valence-electron chi connectivity index (χ3n) is 12.8. The first kappa shape index (κ1) is 37.9. The van der Waals surface area contributed by atoms with Gasteiger partial charge in [0.25, 0.3) is 0 Å². The number of halogens is 2. The molecule has 0 unspecified atom stereocenters. The van der Waals surface area contributed by atoms with E-state index in [0.29, 0.717) is 5.69 Å². The quantitative estimate of drug-likeness (QED) is 0.142. The molecule has 1 aromatic heterocycles. The number of Topliss-reactive ketones (excluding diaryl/α,β-unsaturated/α-hetero) is 1. The smallest absolute Gasteiger partial charge is 0.242 e. The summed E-state index contributed by atoms with van der Waals surface area (Å²) in [6.45, 7) is 0.000468. The monoisotopic (exact) mass is 808 g/mol. The van der Waals surface area contributed by atoms with Gasteiger partial charge in [-0.3, -0.25) is 14.4 Å². The van der Waals surface area contributed by atoms with Crippen molar-refractivity contribution in [2.45, 2.75) is 35.6 Å². The maximum Gasteiger partial charge on any atom is 0.242 e. The Labute approximate surface area is 350 Å². The molecule has 10 rings (SSSR count). The normalized spacial score (nSPS) is 23.7. The average Bonchev–Trinajstić information content (AvgIpc) is 3.76. The van der Waals surface area contributed by atoms with Crippen LogP contribution in [0, 0.1) is 17.6 Å². The molecule has 6 aromatic carbocycles. The van der Waals surface area contributed by atoms with Crippen LogP contribution in [0.3, 0.4) is 0 Å². The fourth-order valence-corrected chi connectivity index (χ4v) is 10.4. The van der Waals surface area contributed by atoms with Crippen LogP contribution in [0.15, 0.2) is 182 Å². The fourth-order valence-electron chi connectivity index (χ4n) is 10.4. The van der Waals surface area contributed by atoms with Gasteiger partial charge in [-0.1, -0.05) is 127 Å². The summed E-state index contributed by atoms with van der Waals surface area (Å²) in [5.41, 5.74) is -4.81. The van der Waals surface area contributed by atoms with Crippen LogP contribution in [0.25, 0.3) is 0 Å². The van der Waals surface area contributed by atoms with Crippen molar-refractivity contribution in [1.82, 2.24) is 4.98 Å². The molecule has 7 aromatic rings. The van der Waals surface area contributed by atoms with E-state index in [1.54, 1.807) is 78.9 Å². The number of nitrogens with zero attached hydrogens (tertiary/aromatic N) is 3. The third-order valence-corrected chi connectivity index (χ3v) is 12.8. The first-order chi connectivity index (χ1) is 29.7. The number of amides is 2. The molecule has 2 N–H and O–H groups in total. The summed E-state index contributed by atoms with van der Waals surface area (Å²) in [6.07, 6.45) is 1.53. The van der Waals surface area contributed by atoms with Gasteiger partial charge in [-0.05, 0) is 76.3 Å². The summed E-state index contributed by atoms with van der Waals surface area (Å²) in [5, 5.41) is 18.0. The molecule has 3 aliphatic rings. The van der Waals surface area contributed by atoms with E-state index in [-0.39, 0.29) is 46.8 Å². The van der Waals surface area contributed by atoms with Gasteiger partial charge in [-0.15, -0.1) is 0 Å². The standard InChI is InChI=1S/C51H38F2N4O4/c52-37-24-26-41-39(29-37)49(47(59)56(41)31-33-15-5-1-6-16-33)45(44(58)35-19-9-3-10-20-35)50(51(61,36-21-11-4-12-22-36)46(49)55-43-23-13-14-28-54-43)40-30-38(53)25-27-42(40)57(48(50)60)32-34-17-7-2-8-18-34/h1-30,45-46,61H,31-32H2,(H,54,55)/t45-,46-,49-,50+,51-/m0/s1. The zero-order chi connectivity index (χ0) is 41.9. The second-order valence-corrected chi connectivity index (χ2v) is 15.8. The molecule has 5 atom stereocenters. The summed E-state index contributed by atoms with van der Waals surface area (Å²) in [6, 6.07) is 46.5. The topological polar surface area (TPSA) is 103 Å². The van der Waals surface area contributed by atoms with Crippen molar-refractivity contribution >= 4 is 34.8 Å². The molecule has 0 bridgehead atoms. The van der Waals surface area contributed by atoms with Gasteiger partial charge in [-0.2, -0.15) is 0 Å². The number of nitrogens with one attached hydrogen (secondary N) is 1. The van der Waals surface area contributed by atoms with E-state index < -0.39 is 57.6 Å². The van der Waals surface area contributed by atoms with E-state index >= 15 is 23.2 Å². The van der Waals surface area contributed by atoms with Crippen molar-refractivity contribution in [3.8, 4) is 0 Å². The molecular weight excluding hydrogens is 771 g/mol. The number of pyridine rings is 1. The van der Waals surface area contributed by atoms with E-state index in [1.807, 2.05) is 60.7 Å². The number of hydrogen-bond acceptors (Lipinski definition) is 6. The highest BCUT2D eigenvalue weighted by atomic mass is 19.1. The van der Waals surface area contributed by atoms with Crippen LogP contribution in [0.4, 0.5) is 26.0 Å². The van der Waals surface area contributed by atoms with Gasteiger partial charge >= 0.3 is 0 Å². The highest BCUT2D eigenvalue weighted by Gasteiger charge is 2.86. The van der Waals surface area contributed by atoms with Crippen molar-refractivity contribution < 1.29 is 28.3 Å². The number of carbonyl (C=O) groups is 3. The van der Waals surface area contributed by atoms with Crippen LogP contribution in [0.1, 0.15) is 38.2 Å². The summed E-state index contributed by atoms with van der Waals surface area (Å²) in [7, 11) is 0. The average molecular weight is 809 g/mol. The van der Waals surface area contributed by atoms with Crippen LogP contribution in [-0.2, 0) is 39.1 Å². The molecule has 8 nitrogen and oxygen atoms in total. The second kappa shape index (κ2) is 14.5. The first-order valence-corrected chi connectivity index (χ1v) is 20.1. The molecule has 2 spiro atoms. The maximum atomic E-state index is 16.5. The SMILES string of the molecule is O=C(c1ccccc1)[C@H]1[C@]2(C(=O)N(Cc3ccccc3)c3ccc(F)cc32)[C@H](Nc2ccccn2)[C@@](O)(c2ccccc2)[C@@]12C(=O)N(Cc1ccccc1)c1ccc(F)cc12. The van der Waals surface area contributed by atoms with Crippen LogP contribution in [-0.4, -0.2) is 33.7 Å². The predicted molar refractivity (Wildman–Crippen MR) is 228 cm³/mol. The Morgan fingerprint density at radius 1 is 0.623 bits per heavy atom. The Kier molecular flexibility index (Phi) is 8.99. The van der Waals surface area contributed by atoms with Gasteiger partial charge in [0.15, 0.2) is 5.78 Å². The molecule has 2 amide bonds. The van der Waals surface area contributed by atoms with E-state index in [0.717, 1.165) is 11.1 Å². The summed E-state index contributed by atoms with van der Waals surface area (Å²) >= 11 is 0. The lowest BCUT2D eigenvalue weighted by atomic mass is 9.58. The molecule has 300 valence electrons. The predicted octanol–water partition coefficient (Wildman–Crippen LogP) is 8.51. The Hall–Kier alpha value is -7.30. The Morgan fingerprint density at radius 2 is 1.13 bits per heavy atom. The van der Waals surface area contributed by atoms with Gasteiger partial charge < -0.3 is 20.2 Å². The van der Waals surface area contributed by atoms with Gasteiger partial charge in [0.2, 0.25) is 11.8 Å². The Bertz CT molecular complexity index is 2820. The zero-order valence-electron chi connectivity index (χ0n) is 32.7. The highest BCUT2D eigenvalue weighted by molar-refractivity contribution is 6.21. The van der Waals surface area contributed by atoms with Gasteiger partial charge in [-0.25, -0.2) is 13.8 Å². The number of benzene rings is 6. The molecule has 61 heavy (non-hydrogen) atoms. The molecule has 10 heteroatoms. The highest BCUT2D eigenvalue weighted by Crippen LogP contribution is 2.72.